The third-order valence-corrected chi connectivity index (χ3v) is 7.21. The second-order valence-electron chi connectivity index (χ2n) is 7.34. The van der Waals surface area contributed by atoms with Crippen molar-refractivity contribution >= 4 is 33.3 Å². The number of fused-ring (bicyclic) bond motifs is 1. The van der Waals surface area contributed by atoms with Gasteiger partial charge in [-0.3, -0.25) is 9.10 Å². The lowest BCUT2D eigenvalue weighted by molar-refractivity contribution is -0.140. The maximum atomic E-state index is 13.7. The van der Waals surface area contributed by atoms with Crippen molar-refractivity contribution in [1.29, 1.82) is 0 Å². The Hall–Kier alpha value is -3.30. The van der Waals surface area contributed by atoms with Crippen LogP contribution in [0, 0.1) is 5.82 Å². The Bertz CT molecular complexity index is 1310. The zero-order chi connectivity index (χ0) is 25.6. The highest BCUT2D eigenvalue weighted by molar-refractivity contribution is 7.92. The predicted octanol–water partition coefficient (Wildman–Crippen LogP) is 5.31. The second kappa shape index (κ2) is 11.4. The monoisotopic (exact) mass is 521 g/mol. The summed E-state index contributed by atoms with van der Waals surface area (Å²) in [6.07, 6.45) is 0.469. The van der Waals surface area contributed by atoms with Gasteiger partial charge in [-0.25, -0.2) is 12.8 Å². The SMILES string of the molecule is CCC(=O)OC.COc1cc(S(=O)(=O)N2CCOc3ccc(-c4cccc(Cl)c4)cc32)ccc1F. The molecule has 186 valence electrons. The van der Waals surface area contributed by atoms with Gasteiger partial charge in [0.2, 0.25) is 0 Å². The number of hydrogen-bond donors (Lipinski definition) is 0. The fourth-order valence-electron chi connectivity index (χ4n) is 3.36. The number of nitrogens with zero attached hydrogens (tertiary/aromatic N) is 1. The van der Waals surface area contributed by atoms with Gasteiger partial charge < -0.3 is 14.2 Å². The van der Waals surface area contributed by atoms with E-state index in [-0.39, 0.29) is 29.8 Å². The van der Waals surface area contributed by atoms with Crippen LogP contribution in [0.4, 0.5) is 10.1 Å². The summed E-state index contributed by atoms with van der Waals surface area (Å²) in [7, 11) is -1.28. The van der Waals surface area contributed by atoms with Crippen molar-refractivity contribution in [3.8, 4) is 22.6 Å². The highest BCUT2D eigenvalue weighted by Gasteiger charge is 2.31. The van der Waals surface area contributed by atoms with Gasteiger partial charge in [0.05, 0.1) is 31.3 Å². The molecule has 0 spiro atoms. The van der Waals surface area contributed by atoms with Gasteiger partial charge in [0.1, 0.15) is 12.4 Å². The van der Waals surface area contributed by atoms with E-state index < -0.39 is 15.8 Å². The normalized spacial score (nSPS) is 12.5. The number of rotatable bonds is 5. The lowest BCUT2D eigenvalue weighted by Gasteiger charge is -2.31. The Balaban J connectivity index is 0.000000509. The minimum absolute atomic E-state index is 0.0586. The van der Waals surface area contributed by atoms with Crippen LogP contribution in [0.15, 0.2) is 65.6 Å². The van der Waals surface area contributed by atoms with E-state index in [0.29, 0.717) is 22.9 Å². The maximum Gasteiger partial charge on any atom is 0.305 e. The molecule has 0 aromatic heterocycles. The highest BCUT2D eigenvalue weighted by atomic mass is 35.5. The van der Waals surface area contributed by atoms with Crippen LogP contribution >= 0.6 is 11.6 Å². The first kappa shape index (κ1) is 26.3. The van der Waals surface area contributed by atoms with Crippen molar-refractivity contribution in [3.05, 3.63) is 71.5 Å². The summed E-state index contributed by atoms with van der Waals surface area (Å²) < 4.78 is 56.5. The molecule has 0 bridgehead atoms. The van der Waals surface area contributed by atoms with Crippen molar-refractivity contribution < 1.29 is 31.8 Å². The average Bonchev–Trinajstić information content (AvgIpc) is 2.88. The number of sulfonamides is 1. The molecule has 0 saturated carbocycles. The molecule has 0 unspecified atom stereocenters. The highest BCUT2D eigenvalue weighted by Crippen LogP contribution is 2.39. The van der Waals surface area contributed by atoms with Crippen LogP contribution in [0.2, 0.25) is 5.02 Å². The molecule has 7 nitrogen and oxygen atoms in total. The fraction of sp³-hybridized carbons (Fsp3) is 0.240. The number of carbonyl (C=O) groups excluding carboxylic acids is 1. The number of esters is 1. The van der Waals surface area contributed by atoms with E-state index in [4.69, 9.17) is 21.1 Å². The van der Waals surface area contributed by atoms with Crippen molar-refractivity contribution in [2.24, 2.45) is 0 Å². The number of hydrogen-bond acceptors (Lipinski definition) is 6. The molecule has 3 aromatic carbocycles. The summed E-state index contributed by atoms with van der Waals surface area (Å²) in [4.78, 5) is 9.90. The van der Waals surface area contributed by atoms with E-state index >= 15 is 0 Å². The maximum absolute atomic E-state index is 13.7. The Morgan fingerprint density at radius 1 is 1.09 bits per heavy atom. The molecule has 10 heteroatoms. The van der Waals surface area contributed by atoms with E-state index in [1.54, 1.807) is 31.2 Å². The van der Waals surface area contributed by atoms with Gasteiger partial charge in [-0.2, -0.15) is 0 Å². The third-order valence-electron chi connectivity index (χ3n) is 5.16. The molecule has 1 heterocycles. The molecule has 0 radical (unpaired) electrons. The standard InChI is InChI=1S/C21H17ClFNO4S.C4H8O2/c1-27-21-13-17(6-7-18(21)23)29(25,26)24-9-10-28-20-8-5-15(12-19(20)24)14-3-2-4-16(22)11-14;1-3-4(5)6-2/h2-8,11-13H,9-10H2,1H3;3H2,1-2H3. The molecule has 3 aromatic rings. The summed E-state index contributed by atoms with van der Waals surface area (Å²) in [5.74, 6) is -0.459. The van der Waals surface area contributed by atoms with Crippen LogP contribution in [0.5, 0.6) is 11.5 Å². The molecule has 0 saturated heterocycles. The molecule has 35 heavy (non-hydrogen) atoms. The van der Waals surface area contributed by atoms with E-state index in [0.717, 1.165) is 17.2 Å². The summed E-state index contributed by atoms with van der Waals surface area (Å²) in [6, 6.07) is 16.1. The van der Waals surface area contributed by atoms with Crippen molar-refractivity contribution in [3.63, 3.8) is 0 Å². The van der Waals surface area contributed by atoms with Crippen LogP contribution in [0.25, 0.3) is 11.1 Å². The lowest BCUT2D eigenvalue weighted by atomic mass is 10.0. The zero-order valence-electron chi connectivity index (χ0n) is 19.5. The van der Waals surface area contributed by atoms with Crippen LogP contribution in [0.1, 0.15) is 13.3 Å². The molecule has 1 aliphatic rings. The van der Waals surface area contributed by atoms with Gasteiger partial charge in [0.15, 0.2) is 11.6 Å². The van der Waals surface area contributed by atoms with E-state index in [1.807, 2.05) is 18.2 Å². The van der Waals surface area contributed by atoms with Crippen molar-refractivity contribution in [2.75, 3.05) is 31.7 Å². The molecular weight excluding hydrogens is 497 g/mol. The Morgan fingerprint density at radius 2 is 1.83 bits per heavy atom. The topological polar surface area (TPSA) is 82.1 Å². The quantitative estimate of drug-likeness (QED) is 0.423. The molecule has 0 N–H and O–H groups in total. The lowest BCUT2D eigenvalue weighted by Crippen LogP contribution is -2.38. The Kier molecular flexibility index (Phi) is 8.58. The molecule has 0 fully saturated rings. The number of methoxy groups -OCH3 is 2. The first-order chi connectivity index (χ1) is 16.7. The van der Waals surface area contributed by atoms with Crippen molar-refractivity contribution in [1.82, 2.24) is 0 Å². The second-order valence-corrected chi connectivity index (χ2v) is 9.64. The number of anilines is 1. The number of halogens is 2. The van der Waals surface area contributed by atoms with Gasteiger partial charge in [-0.1, -0.05) is 36.7 Å². The molecule has 0 aliphatic carbocycles. The zero-order valence-corrected chi connectivity index (χ0v) is 21.0. The predicted molar refractivity (Wildman–Crippen MR) is 132 cm³/mol. The summed E-state index contributed by atoms with van der Waals surface area (Å²) in [6.45, 7) is 2.10. The molecule has 1 aliphatic heterocycles. The first-order valence-corrected chi connectivity index (χ1v) is 12.5. The molecular formula is C25H25ClFNO6S. The van der Waals surface area contributed by atoms with Gasteiger partial charge >= 0.3 is 5.97 Å². The van der Waals surface area contributed by atoms with E-state index in [1.165, 1.54) is 30.7 Å². The van der Waals surface area contributed by atoms with Crippen LogP contribution in [-0.2, 0) is 19.6 Å². The van der Waals surface area contributed by atoms with Crippen molar-refractivity contribution in [2.45, 2.75) is 18.2 Å². The molecule has 0 amide bonds. The summed E-state index contributed by atoms with van der Waals surface area (Å²) in [5.41, 5.74) is 2.07. The largest absolute Gasteiger partial charge is 0.494 e. The van der Waals surface area contributed by atoms with Gasteiger partial charge in [0, 0.05) is 17.5 Å². The molecule has 4 rings (SSSR count). The summed E-state index contributed by atoms with van der Waals surface area (Å²) >= 11 is 6.09. The van der Waals surface area contributed by atoms with Gasteiger partial charge in [-0.15, -0.1) is 0 Å². The van der Waals surface area contributed by atoms with E-state index in [2.05, 4.69) is 4.74 Å². The Labute approximate surface area is 209 Å². The van der Waals surface area contributed by atoms with E-state index in [9.17, 15) is 17.6 Å². The Morgan fingerprint density at radius 3 is 2.46 bits per heavy atom. The van der Waals surface area contributed by atoms with Crippen LogP contribution in [0.3, 0.4) is 0 Å². The minimum Gasteiger partial charge on any atom is -0.494 e. The smallest absolute Gasteiger partial charge is 0.305 e. The third kappa shape index (κ3) is 6.04. The summed E-state index contributed by atoms with van der Waals surface area (Å²) in [5, 5.41) is 0.583. The first-order valence-electron chi connectivity index (χ1n) is 10.7. The van der Waals surface area contributed by atoms with Gasteiger partial charge in [0.25, 0.3) is 10.0 Å². The average molecular weight is 522 g/mol. The van der Waals surface area contributed by atoms with Gasteiger partial charge in [-0.05, 0) is 47.5 Å². The number of carbonyl (C=O) groups is 1. The number of ether oxygens (including phenoxy) is 3. The number of benzene rings is 3. The van der Waals surface area contributed by atoms with Crippen LogP contribution < -0.4 is 13.8 Å². The van der Waals surface area contributed by atoms with Crippen LogP contribution in [-0.4, -0.2) is 41.8 Å². The fourth-order valence-corrected chi connectivity index (χ4v) is 5.02. The molecule has 0 atom stereocenters. The minimum atomic E-state index is -3.95.